The van der Waals surface area contributed by atoms with Gasteiger partial charge in [-0.3, -0.25) is 0 Å². The standard InChI is InChI=1S/C13H24N2.ClH/c1-3-5-6-7-8-9-10-13-14-11-12-15(13)4-2;/h11-12H,3-10H2,1-2H3;1H. The topological polar surface area (TPSA) is 17.8 Å². The maximum atomic E-state index is 4.38. The third-order valence-corrected chi connectivity index (χ3v) is 2.90. The van der Waals surface area contributed by atoms with Gasteiger partial charge in [0.15, 0.2) is 0 Å². The van der Waals surface area contributed by atoms with Crippen LogP contribution in [-0.2, 0) is 13.0 Å². The van der Waals surface area contributed by atoms with Crippen LogP contribution in [0.25, 0.3) is 0 Å². The van der Waals surface area contributed by atoms with Gasteiger partial charge in [-0.15, -0.1) is 12.4 Å². The molecule has 1 heterocycles. The van der Waals surface area contributed by atoms with E-state index in [1.165, 1.54) is 44.3 Å². The molecular weight excluding hydrogens is 220 g/mol. The van der Waals surface area contributed by atoms with E-state index < -0.39 is 0 Å². The lowest BCUT2D eigenvalue weighted by atomic mass is 10.1. The van der Waals surface area contributed by atoms with Gasteiger partial charge in [0.2, 0.25) is 0 Å². The SMILES string of the molecule is CCCCCCCCc1nccn1CC.Cl. The average molecular weight is 245 g/mol. The summed E-state index contributed by atoms with van der Waals surface area (Å²) in [5.41, 5.74) is 0. The Labute approximate surface area is 106 Å². The van der Waals surface area contributed by atoms with Gasteiger partial charge in [-0.05, 0) is 13.3 Å². The number of imidazole rings is 1. The van der Waals surface area contributed by atoms with Crippen LogP contribution < -0.4 is 0 Å². The smallest absolute Gasteiger partial charge is 0.108 e. The zero-order valence-corrected chi connectivity index (χ0v) is 11.4. The van der Waals surface area contributed by atoms with Crippen LogP contribution in [0.5, 0.6) is 0 Å². The second-order valence-corrected chi connectivity index (χ2v) is 4.15. The van der Waals surface area contributed by atoms with Gasteiger partial charge in [-0.25, -0.2) is 4.98 Å². The fourth-order valence-corrected chi connectivity index (χ4v) is 1.92. The van der Waals surface area contributed by atoms with E-state index in [1.54, 1.807) is 0 Å². The Morgan fingerprint density at radius 3 is 2.44 bits per heavy atom. The molecule has 0 radical (unpaired) electrons. The van der Waals surface area contributed by atoms with Crippen molar-refractivity contribution >= 4 is 12.4 Å². The summed E-state index contributed by atoms with van der Waals surface area (Å²) < 4.78 is 2.24. The summed E-state index contributed by atoms with van der Waals surface area (Å²) in [6, 6.07) is 0. The predicted molar refractivity (Wildman–Crippen MR) is 72.2 cm³/mol. The number of rotatable bonds is 8. The normalized spacial score (nSPS) is 10.1. The number of nitrogens with zero attached hydrogens (tertiary/aromatic N) is 2. The highest BCUT2D eigenvalue weighted by molar-refractivity contribution is 5.85. The summed E-state index contributed by atoms with van der Waals surface area (Å²) >= 11 is 0. The van der Waals surface area contributed by atoms with Crippen LogP contribution in [0.4, 0.5) is 0 Å². The first-order valence-electron chi connectivity index (χ1n) is 6.38. The van der Waals surface area contributed by atoms with Crippen molar-refractivity contribution in [1.82, 2.24) is 9.55 Å². The Morgan fingerprint density at radius 1 is 1.06 bits per heavy atom. The van der Waals surface area contributed by atoms with Crippen LogP contribution in [0.3, 0.4) is 0 Å². The molecule has 16 heavy (non-hydrogen) atoms. The van der Waals surface area contributed by atoms with Crippen molar-refractivity contribution < 1.29 is 0 Å². The molecule has 3 heteroatoms. The van der Waals surface area contributed by atoms with E-state index in [4.69, 9.17) is 0 Å². The van der Waals surface area contributed by atoms with Crippen molar-refractivity contribution in [2.75, 3.05) is 0 Å². The zero-order chi connectivity index (χ0) is 10.9. The summed E-state index contributed by atoms with van der Waals surface area (Å²) in [5, 5.41) is 0. The van der Waals surface area contributed by atoms with E-state index in [9.17, 15) is 0 Å². The molecule has 0 aliphatic carbocycles. The van der Waals surface area contributed by atoms with Gasteiger partial charge < -0.3 is 4.57 Å². The summed E-state index contributed by atoms with van der Waals surface area (Å²) in [4.78, 5) is 4.38. The Bertz CT molecular complexity index is 258. The van der Waals surface area contributed by atoms with E-state index in [1.807, 2.05) is 6.20 Å². The molecule has 0 aliphatic heterocycles. The quantitative estimate of drug-likeness (QED) is 0.626. The highest BCUT2D eigenvalue weighted by Gasteiger charge is 2.00. The molecule has 2 nitrogen and oxygen atoms in total. The van der Waals surface area contributed by atoms with Crippen molar-refractivity contribution in [1.29, 1.82) is 0 Å². The molecule has 0 bridgehead atoms. The van der Waals surface area contributed by atoms with E-state index in [-0.39, 0.29) is 12.4 Å². The molecule has 0 aliphatic rings. The lowest BCUT2D eigenvalue weighted by Gasteiger charge is -2.04. The number of hydrogen-bond donors (Lipinski definition) is 0. The third kappa shape index (κ3) is 5.55. The molecule has 0 saturated carbocycles. The van der Waals surface area contributed by atoms with Crippen molar-refractivity contribution in [3.8, 4) is 0 Å². The van der Waals surface area contributed by atoms with Gasteiger partial charge in [-0.2, -0.15) is 0 Å². The summed E-state index contributed by atoms with van der Waals surface area (Å²) in [6.45, 7) is 5.48. The van der Waals surface area contributed by atoms with Crippen molar-refractivity contribution in [3.63, 3.8) is 0 Å². The Morgan fingerprint density at radius 2 is 1.75 bits per heavy atom. The molecule has 94 valence electrons. The van der Waals surface area contributed by atoms with Crippen LogP contribution in [0.2, 0.25) is 0 Å². The van der Waals surface area contributed by atoms with E-state index in [2.05, 4.69) is 29.6 Å². The van der Waals surface area contributed by atoms with Crippen LogP contribution >= 0.6 is 12.4 Å². The van der Waals surface area contributed by atoms with E-state index in [0.29, 0.717) is 0 Å². The summed E-state index contributed by atoms with van der Waals surface area (Å²) in [7, 11) is 0. The van der Waals surface area contributed by atoms with Crippen molar-refractivity contribution in [2.45, 2.75) is 65.3 Å². The number of aryl methyl sites for hydroxylation is 2. The Hall–Kier alpha value is -0.500. The van der Waals surface area contributed by atoms with Crippen LogP contribution in [0.1, 0.15) is 58.2 Å². The third-order valence-electron chi connectivity index (χ3n) is 2.90. The molecule has 0 spiro atoms. The molecule has 0 fully saturated rings. The number of halogens is 1. The van der Waals surface area contributed by atoms with Crippen LogP contribution in [0, 0.1) is 0 Å². The van der Waals surface area contributed by atoms with Gasteiger partial charge in [0.1, 0.15) is 5.82 Å². The van der Waals surface area contributed by atoms with Gasteiger partial charge >= 0.3 is 0 Å². The molecule has 0 N–H and O–H groups in total. The second kappa shape index (κ2) is 9.71. The molecule has 1 aromatic rings. The van der Waals surface area contributed by atoms with Gasteiger partial charge in [0.25, 0.3) is 0 Å². The monoisotopic (exact) mass is 244 g/mol. The van der Waals surface area contributed by atoms with Gasteiger partial charge in [-0.1, -0.05) is 39.0 Å². The molecule has 1 rings (SSSR count). The minimum absolute atomic E-state index is 0. The number of unbranched alkanes of at least 4 members (excludes halogenated alkanes) is 5. The molecular formula is C13H25ClN2. The summed E-state index contributed by atoms with van der Waals surface area (Å²) in [5.74, 6) is 1.26. The number of hydrogen-bond acceptors (Lipinski definition) is 1. The van der Waals surface area contributed by atoms with E-state index >= 15 is 0 Å². The largest absolute Gasteiger partial charge is 0.335 e. The highest BCUT2D eigenvalue weighted by atomic mass is 35.5. The molecule has 0 amide bonds. The maximum Gasteiger partial charge on any atom is 0.108 e. The van der Waals surface area contributed by atoms with Crippen molar-refractivity contribution in [3.05, 3.63) is 18.2 Å². The average Bonchev–Trinajstić information content (AvgIpc) is 2.70. The number of aromatic nitrogens is 2. The van der Waals surface area contributed by atoms with Crippen LogP contribution in [-0.4, -0.2) is 9.55 Å². The van der Waals surface area contributed by atoms with Crippen LogP contribution in [0.15, 0.2) is 12.4 Å². The zero-order valence-electron chi connectivity index (χ0n) is 10.6. The fourth-order valence-electron chi connectivity index (χ4n) is 1.92. The molecule has 0 saturated heterocycles. The highest BCUT2D eigenvalue weighted by Crippen LogP contribution is 2.08. The Kier molecular flexibility index (Phi) is 9.40. The minimum Gasteiger partial charge on any atom is -0.335 e. The van der Waals surface area contributed by atoms with Gasteiger partial charge in [0, 0.05) is 25.4 Å². The molecule has 1 aromatic heterocycles. The molecule has 0 aromatic carbocycles. The first-order valence-corrected chi connectivity index (χ1v) is 6.38. The Balaban J connectivity index is 0.00000225. The molecule has 0 unspecified atom stereocenters. The lowest BCUT2D eigenvalue weighted by Crippen LogP contribution is -2.00. The fraction of sp³-hybridized carbons (Fsp3) is 0.769. The predicted octanol–water partition coefficient (Wildman–Crippen LogP) is 4.23. The van der Waals surface area contributed by atoms with Crippen molar-refractivity contribution in [2.24, 2.45) is 0 Å². The van der Waals surface area contributed by atoms with E-state index in [0.717, 1.165) is 13.0 Å². The molecule has 0 atom stereocenters. The lowest BCUT2D eigenvalue weighted by molar-refractivity contribution is 0.588. The summed E-state index contributed by atoms with van der Waals surface area (Å²) in [6.07, 6.45) is 13.3. The first-order chi connectivity index (χ1) is 7.38. The first kappa shape index (κ1) is 15.5. The second-order valence-electron chi connectivity index (χ2n) is 4.15. The van der Waals surface area contributed by atoms with Gasteiger partial charge in [0.05, 0.1) is 0 Å². The maximum absolute atomic E-state index is 4.38. The minimum atomic E-state index is 0.